The number of hydrogen-bond acceptors (Lipinski definition) is 7. The third kappa shape index (κ3) is 3.97. The third-order valence-corrected chi connectivity index (χ3v) is 3.48. The van der Waals surface area contributed by atoms with E-state index in [1.54, 1.807) is 6.07 Å². The number of benzene rings is 2. The zero-order valence-electron chi connectivity index (χ0n) is 13.0. The molecule has 0 saturated heterocycles. The van der Waals surface area contributed by atoms with E-state index < -0.39 is 0 Å². The topological polar surface area (TPSA) is 114 Å². The molecule has 2 aromatic carbocycles. The first-order chi connectivity index (χ1) is 11.8. The molecule has 3 aromatic rings. The summed E-state index contributed by atoms with van der Waals surface area (Å²) in [5.41, 5.74) is 8.34. The average Bonchev–Trinajstić information content (AvgIpc) is 2.64. The zero-order chi connectivity index (χ0) is 16.8. The van der Waals surface area contributed by atoms with Crippen molar-refractivity contribution in [2.24, 2.45) is 11.7 Å². The zero-order valence-corrected chi connectivity index (χ0v) is 13.0. The number of hydrogen-bond donors (Lipinski definition) is 5. The van der Waals surface area contributed by atoms with Crippen molar-refractivity contribution in [1.29, 1.82) is 0 Å². The highest BCUT2D eigenvalue weighted by atomic mass is 15.3. The highest BCUT2D eigenvalue weighted by Crippen LogP contribution is 2.19. The molecular formula is C17H19N7. The lowest BCUT2D eigenvalue weighted by Crippen LogP contribution is -2.14. The Kier molecular flexibility index (Phi) is 4.85. The van der Waals surface area contributed by atoms with Gasteiger partial charge in [-0.15, -0.1) is 0 Å². The van der Waals surface area contributed by atoms with Crippen molar-refractivity contribution in [3.63, 3.8) is 0 Å². The third-order valence-electron chi connectivity index (χ3n) is 3.48. The number of rotatable bonds is 6. The Morgan fingerprint density at radius 3 is 1.92 bits per heavy atom. The molecule has 0 unspecified atom stereocenters. The molecule has 0 aliphatic rings. The molecule has 7 N–H and O–H groups in total. The summed E-state index contributed by atoms with van der Waals surface area (Å²) in [4.78, 5) is 8.46. The summed E-state index contributed by atoms with van der Waals surface area (Å²) >= 11 is 0. The predicted octanol–water partition coefficient (Wildman–Crippen LogP) is 2.38. The molecule has 0 radical (unpaired) electrons. The van der Waals surface area contributed by atoms with Crippen LogP contribution in [-0.2, 0) is 6.42 Å². The molecule has 0 atom stereocenters. The van der Waals surface area contributed by atoms with Gasteiger partial charge in [-0.3, -0.25) is 0 Å². The maximum absolute atomic E-state index is 5.39. The summed E-state index contributed by atoms with van der Waals surface area (Å²) in [6.07, 6.45) is 0.894. The lowest BCUT2D eigenvalue weighted by molar-refractivity contribution is 1.12. The van der Waals surface area contributed by atoms with E-state index in [2.05, 4.69) is 50.4 Å². The molecule has 122 valence electrons. The minimum atomic E-state index is 0.397. The Labute approximate surface area is 140 Å². The molecule has 3 rings (SSSR count). The first-order valence-electron chi connectivity index (χ1n) is 7.49. The lowest BCUT2D eigenvalue weighted by atomic mass is 10.0. The second-order valence-electron chi connectivity index (χ2n) is 5.24. The van der Waals surface area contributed by atoms with E-state index in [1.807, 2.05) is 30.3 Å². The highest BCUT2D eigenvalue weighted by Gasteiger charge is 2.04. The number of nitrogens with zero attached hydrogens (tertiary/aromatic N) is 2. The number of nitrogen functional groups attached to an aromatic ring is 2. The Morgan fingerprint density at radius 2 is 1.33 bits per heavy atom. The molecule has 0 spiro atoms. The first-order valence-corrected chi connectivity index (χ1v) is 7.49. The number of nitrogens with one attached hydrogen (secondary N) is 3. The van der Waals surface area contributed by atoms with Gasteiger partial charge in [-0.25, -0.2) is 11.7 Å². The van der Waals surface area contributed by atoms with Gasteiger partial charge < -0.3 is 16.2 Å². The second kappa shape index (κ2) is 7.40. The lowest BCUT2D eigenvalue weighted by Gasteiger charge is -2.09. The van der Waals surface area contributed by atoms with Crippen molar-refractivity contribution in [1.82, 2.24) is 9.97 Å². The van der Waals surface area contributed by atoms with Gasteiger partial charge in [0.15, 0.2) is 0 Å². The monoisotopic (exact) mass is 321 g/mol. The summed E-state index contributed by atoms with van der Waals surface area (Å²) in [5, 5.41) is 3.13. The van der Waals surface area contributed by atoms with Gasteiger partial charge in [-0.2, -0.15) is 9.97 Å². The van der Waals surface area contributed by atoms with Gasteiger partial charge >= 0.3 is 0 Å². The molecule has 0 fully saturated rings. The molecule has 1 heterocycles. The number of hydrazine groups is 2. The van der Waals surface area contributed by atoms with Gasteiger partial charge in [0.2, 0.25) is 5.95 Å². The van der Waals surface area contributed by atoms with Crippen LogP contribution in [0.1, 0.15) is 11.1 Å². The summed E-state index contributed by atoms with van der Waals surface area (Å²) in [6, 6.07) is 20.1. The van der Waals surface area contributed by atoms with Crippen LogP contribution in [0.25, 0.3) is 0 Å². The second-order valence-corrected chi connectivity index (χ2v) is 5.24. The van der Waals surface area contributed by atoms with E-state index in [-0.39, 0.29) is 0 Å². The first kappa shape index (κ1) is 15.7. The van der Waals surface area contributed by atoms with Crippen LogP contribution in [0.2, 0.25) is 0 Å². The fourth-order valence-electron chi connectivity index (χ4n) is 2.32. The van der Waals surface area contributed by atoms with Gasteiger partial charge in [0, 0.05) is 11.8 Å². The van der Waals surface area contributed by atoms with Crippen LogP contribution >= 0.6 is 0 Å². The van der Waals surface area contributed by atoms with Crippen molar-refractivity contribution < 1.29 is 0 Å². The van der Waals surface area contributed by atoms with Crippen molar-refractivity contribution >= 4 is 23.3 Å². The van der Waals surface area contributed by atoms with Crippen molar-refractivity contribution in [2.45, 2.75) is 6.42 Å². The van der Waals surface area contributed by atoms with E-state index in [0.29, 0.717) is 17.6 Å². The molecular weight excluding hydrogens is 302 g/mol. The van der Waals surface area contributed by atoms with E-state index in [0.717, 1.165) is 12.1 Å². The van der Waals surface area contributed by atoms with E-state index in [1.165, 1.54) is 11.1 Å². The number of aromatic nitrogens is 2. The van der Waals surface area contributed by atoms with Gasteiger partial charge in [0.05, 0.1) is 0 Å². The quantitative estimate of drug-likeness (QED) is 0.350. The molecule has 1 aromatic heterocycles. The van der Waals surface area contributed by atoms with E-state index >= 15 is 0 Å². The molecule has 0 saturated carbocycles. The maximum Gasteiger partial charge on any atom is 0.231 e. The van der Waals surface area contributed by atoms with Crippen LogP contribution in [0.15, 0.2) is 60.7 Å². The Bertz CT molecular complexity index is 766. The van der Waals surface area contributed by atoms with Gasteiger partial charge in [-0.05, 0) is 29.7 Å². The Hall–Kier alpha value is -3.16. The SMILES string of the molecule is NNc1cc(NN)nc(Nc2ccc(Cc3ccccc3)cc2)n1. The molecule has 0 aliphatic heterocycles. The van der Waals surface area contributed by atoms with Gasteiger partial charge in [0.25, 0.3) is 0 Å². The molecule has 7 nitrogen and oxygen atoms in total. The predicted molar refractivity (Wildman–Crippen MR) is 96.6 cm³/mol. The Morgan fingerprint density at radius 1 is 0.750 bits per heavy atom. The fraction of sp³-hybridized carbons (Fsp3) is 0.0588. The van der Waals surface area contributed by atoms with Gasteiger partial charge in [0.1, 0.15) is 11.6 Å². The largest absolute Gasteiger partial charge is 0.324 e. The maximum atomic E-state index is 5.39. The minimum absolute atomic E-state index is 0.397. The van der Waals surface area contributed by atoms with Crippen molar-refractivity contribution in [2.75, 3.05) is 16.2 Å². The van der Waals surface area contributed by atoms with Crippen LogP contribution in [0.4, 0.5) is 23.3 Å². The van der Waals surface area contributed by atoms with Crippen LogP contribution in [0.3, 0.4) is 0 Å². The summed E-state index contributed by atoms with van der Waals surface area (Å²) in [7, 11) is 0. The smallest absolute Gasteiger partial charge is 0.231 e. The average molecular weight is 321 g/mol. The van der Waals surface area contributed by atoms with Crippen LogP contribution in [-0.4, -0.2) is 9.97 Å². The summed E-state index contributed by atoms with van der Waals surface area (Å²) < 4.78 is 0. The van der Waals surface area contributed by atoms with Crippen molar-refractivity contribution in [3.05, 3.63) is 71.8 Å². The highest BCUT2D eigenvalue weighted by molar-refractivity contribution is 5.58. The molecule has 24 heavy (non-hydrogen) atoms. The minimum Gasteiger partial charge on any atom is -0.324 e. The standard InChI is InChI=1S/C17H19N7/c18-23-15-11-16(24-19)22-17(21-15)20-14-8-6-13(7-9-14)10-12-4-2-1-3-5-12/h1-9,11H,10,18-19H2,(H3,20,21,22,23,24). The van der Waals surface area contributed by atoms with Gasteiger partial charge in [-0.1, -0.05) is 42.5 Å². The summed E-state index contributed by atoms with van der Waals surface area (Å²) in [6.45, 7) is 0. The molecule has 0 aliphatic carbocycles. The molecule has 0 bridgehead atoms. The van der Waals surface area contributed by atoms with E-state index in [4.69, 9.17) is 11.7 Å². The molecule has 7 heteroatoms. The number of anilines is 4. The normalized spacial score (nSPS) is 10.2. The number of nitrogens with two attached hydrogens (primary N) is 2. The Balaban J connectivity index is 1.72. The van der Waals surface area contributed by atoms with Crippen LogP contribution in [0, 0.1) is 0 Å². The summed E-state index contributed by atoms with van der Waals surface area (Å²) in [5.74, 6) is 12.1. The van der Waals surface area contributed by atoms with E-state index in [9.17, 15) is 0 Å². The fourth-order valence-corrected chi connectivity index (χ4v) is 2.32. The van der Waals surface area contributed by atoms with Crippen molar-refractivity contribution in [3.8, 4) is 0 Å². The molecule has 0 amide bonds. The van der Waals surface area contributed by atoms with Crippen LogP contribution < -0.4 is 27.9 Å². The van der Waals surface area contributed by atoms with Crippen LogP contribution in [0.5, 0.6) is 0 Å².